The quantitative estimate of drug-likeness (QED) is 0.833. The zero-order chi connectivity index (χ0) is 13.4. The van der Waals surface area contributed by atoms with E-state index in [9.17, 15) is 4.79 Å². The molecule has 0 spiro atoms. The first-order valence-corrected chi connectivity index (χ1v) is 7.00. The first-order valence-electron chi connectivity index (χ1n) is 7.00. The number of pyridine rings is 1. The normalized spacial score (nSPS) is 21.7. The molecule has 1 unspecified atom stereocenters. The van der Waals surface area contributed by atoms with Gasteiger partial charge < -0.3 is 16.4 Å². The van der Waals surface area contributed by atoms with Crippen LogP contribution in [0.2, 0.25) is 0 Å². The van der Waals surface area contributed by atoms with Crippen molar-refractivity contribution in [3.63, 3.8) is 0 Å². The van der Waals surface area contributed by atoms with Crippen LogP contribution < -0.4 is 16.4 Å². The summed E-state index contributed by atoms with van der Waals surface area (Å²) in [5.74, 6) is 0.362. The average molecular weight is 260 g/mol. The third kappa shape index (κ3) is 2.08. The van der Waals surface area contributed by atoms with Crippen molar-refractivity contribution >= 4 is 11.7 Å². The molecular formula is C14H20N4O. The first kappa shape index (κ1) is 12.4. The highest BCUT2D eigenvalue weighted by Gasteiger charge is 2.29. The first-order chi connectivity index (χ1) is 9.20. The number of primary amides is 1. The standard InChI is InChI=1S/C14H20N4O/c15-8-10-4-2-6-18(10)14-11(13(16)19)7-9-3-1-5-12(9)17-14/h7,10H,1-6,8,15H2,(H2,16,19). The van der Waals surface area contributed by atoms with Crippen molar-refractivity contribution in [2.75, 3.05) is 18.0 Å². The number of rotatable bonds is 3. The highest BCUT2D eigenvalue weighted by molar-refractivity contribution is 5.98. The number of nitrogens with two attached hydrogens (primary N) is 2. The minimum atomic E-state index is -0.389. The highest BCUT2D eigenvalue weighted by atomic mass is 16.1. The van der Waals surface area contributed by atoms with Crippen LogP contribution in [0.1, 0.15) is 40.9 Å². The fourth-order valence-electron chi connectivity index (χ4n) is 3.22. The van der Waals surface area contributed by atoms with Gasteiger partial charge in [0.05, 0.1) is 5.56 Å². The Morgan fingerprint density at radius 2 is 2.26 bits per heavy atom. The monoisotopic (exact) mass is 260 g/mol. The topological polar surface area (TPSA) is 85.2 Å². The smallest absolute Gasteiger partial charge is 0.252 e. The van der Waals surface area contributed by atoms with Crippen LogP contribution in [-0.2, 0) is 12.8 Å². The second kappa shape index (κ2) is 4.81. The molecule has 19 heavy (non-hydrogen) atoms. The number of fused-ring (bicyclic) bond motifs is 1. The van der Waals surface area contributed by atoms with Gasteiger partial charge in [0.1, 0.15) is 5.82 Å². The lowest BCUT2D eigenvalue weighted by Crippen LogP contribution is -2.37. The van der Waals surface area contributed by atoms with E-state index in [0.717, 1.165) is 50.2 Å². The minimum Gasteiger partial charge on any atom is -0.365 e. The Balaban J connectivity index is 2.06. The van der Waals surface area contributed by atoms with Crippen LogP contribution >= 0.6 is 0 Å². The van der Waals surface area contributed by atoms with E-state index in [1.165, 1.54) is 5.56 Å². The van der Waals surface area contributed by atoms with E-state index >= 15 is 0 Å². The number of anilines is 1. The third-order valence-electron chi connectivity index (χ3n) is 4.22. The molecule has 1 aromatic heterocycles. The largest absolute Gasteiger partial charge is 0.365 e. The van der Waals surface area contributed by atoms with E-state index in [-0.39, 0.29) is 11.9 Å². The zero-order valence-corrected chi connectivity index (χ0v) is 11.1. The van der Waals surface area contributed by atoms with Crippen LogP contribution in [0.15, 0.2) is 6.07 Å². The number of amides is 1. The molecule has 1 fully saturated rings. The van der Waals surface area contributed by atoms with Gasteiger partial charge >= 0.3 is 0 Å². The molecule has 1 atom stereocenters. The Morgan fingerprint density at radius 3 is 3.00 bits per heavy atom. The average Bonchev–Trinajstić information content (AvgIpc) is 3.04. The third-order valence-corrected chi connectivity index (χ3v) is 4.22. The van der Waals surface area contributed by atoms with Crippen molar-refractivity contribution in [3.8, 4) is 0 Å². The summed E-state index contributed by atoms with van der Waals surface area (Å²) in [6, 6.07) is 2.23. The maximum absolute atomic E-state index is 11.7. The van der Waals surface area contributed by atoms with Crippen LogP contribution in [0.5, 0.6) is 0 Å². The summed E-state index contributed by atoms with van der Waals surface area (Å²) in [7, 11) is 0. The SMILES string of the molecule is NCC1CCCN1c1nc2c(cc1C(N)=O)CCC2. The van der Waals surface area contributed by atoms with Crippen LogP contribution in [-0.4, -0.2) is 30.0 Å². The molecule has 1 amide bonds. The molecule has 5 heteroatoms. The van der Waals surface area contributed by atoms with E-state index in [2.05, 4.69) is 4.90 Å². The van der Waals surface area contributed by atoms with E-state index < -0.39 is 0 Å². The molecule has 2 heterocycles. The molecular weight excluding hydrogens is 240 g/mol. The molecule has 5 nitrogen and oxygen atoms in total. The molecule has 102 valence electrons. The predicted octanol–water partition coefficient (Wildman–Crippen LogP) is 0.597. The van der Waals surface area contributed by atoms with Crippen molar-refractivity contribution < 1.29 is 4.79 Å². The molecule has 1 aliphatic carbocycles. The molecule has 2 aliphatic rings. The van der Waals surface area contributed by atoms with Crippen LogP contribution in [0.3, 0.4) is 0 Å². The summed E-state index contributed by atoms with van der Waals surface area (Å²) in [4.78, 5) is 18.6. The highest BCUT2D eigenvalue weighted by Crippen LogP contribution is 2.31. The van der Waals surface area contributed by atoms with Gasteiger partial charge in [-0.3, -0.25) is 4.79 Å². The fraction of sp³-hybridized carbons (Fsp3) is 0.571. The van der Waals surface area contributed by atoms with E-state index in [1.54, 1.807) is 0 Å². The molecule has 3 rings (SSSR count). The second-order valence-corrected chi connectivity index (χ2v) is 5.41. The van der Waals surface area contributed by atoms with Gasteiger partial charge in [-0.2, -0.15) is 0 Å². The van der Waals surface area contributed by atoms with Gasteiger partial charge in [0, 0.05) is 24.8 Å². The van der Waals surface area contributed by atoms with E-state index in [1.807, 2.05) is 6.07 Å². The van der Waals surface area contributed by atoms with E-state index in [4.69, 9.17) is 16.5 Å². The lowest BCUT2D eigenvalue weighted by atomic mass is 10.1. The van der Waals surface area contributed by atoms with Gasteiger partial charge in [-0.25, -0.2) is 4.98 Å². The Kier molecular flexibility index (Phi) is 3.14. The van der Waals surface area contributed by atoms with Gasteiger partial charge in [-0.1, -0.05) is 0 Å². The van der Waals surface area contributed by atoms with Crippen LogP contribution in [0, 0.1) is 0 Å². The molecule has 1 aromatic rings. The van der Waals surface area contributed by atoms with E-state index in [0.29, 0.717) is 12.1 Å². The number of hydrogen-bond donors (Lipinski definition) is 2. The number of aryl methyl sites for hydroxylation is 2. The zero-order valence-electron chi connectivity index (χ0n) is 11.1. The molecule has 0 aromatic carbocycles. The van der Waals surface area contributed by atoms with Crippen molar-refractivity contribution in [1.29, 1.82) is 0 Å². The Bertz CT molecular complexity index is 514. The molecule has 0 radical (unpaired) electrons. The van der Waals surface area contributed by atoms with Gasteiger partial charge in [-0.15, -0.1) is 0 Å². The maximum atomic E-state index is 11.7. The van der Waals surface area contributed by atoms with Crippen LogP contribution in [0.4, 0.5) is 5.82 Å². The lowest BCUT2D eigenvalue weighted by molar-refractivity contribution is 0.100. The van der Waals surface area contributed by atoms with Gasteiger partial charge in [0.25, 0.3) is 5.91 Å². The van der Waals surface area contributed by atoms with Crippen molar-refractivity contribution in [2.45, 2.75) is 38.1 Å². The summed E-state index contributed by atoms with van der Waals surface area (Å²) in [5, 5.41) is 0. The molecule has 1 saturated heterocycles. The predicted molar refractivity (Wildman–Crippen MR) is 74.2 cm³/mol. The minimum absolute atomic E-state index is 0.282. The Morgan fingerprint density at radius 1 is 1.42 bits per heavy atom. The maximum Gasteiger partial charge on any atom is 0.252 e. The molecule has 1 aliphatic heterocycles. The van der Waals surface area contributed by atoms with Gasteiger partial charge in [0.15, 0.2) is 0 Å². The summed E-state index contributed by atoms with van der Waals surface area (Å²) < 4.78 is 0. The van der Waals surface area contributed by atoms with Crippen molar-refractivity contribution in [2.24, 2.45) is 11.5 Å². The molecule has 0 saturated carbocycles. The number of carbonyl (C=O) groups excluding carboxylic acids is 1. The second-order valence-electron chi connectivity index (χ2n) is 5.41. The summed E-state index contributed by atoms with van der Waals surface area (Å²) in [6.45, 7) is 1.50. The van der Waals surface area contributed by atoms with Crippen LogP contribution in [0.25, 0.3) is 0 Å². The van der Waals surface area contributed by atoms with Gasteiger partial charge in [0.2, 0.25) is 0 Å². The summed E-state index contributed by atoms with van der Waals surface area (Å²) in [6.07, 6.45) is 5.28. The van der Waals surface area contributed by atoms with Crippen molar-refractivity contribution in [1.82, 2.24) is 4.98 Å². The summed E-state index contributed by atoms with van der Waals surface area (Å²) >= 11 is 0. The van der Waals surface area contributed by atoms with Crippen molar-refractivity contribution in [3.05, 3.63) is 22.9 Å². The Labute approximate surface area is 113 Å². The Hall–Kier alpha value is -1.62. The summed E-state index contributed by atoms with van der Waals surface area (Å²) in [5.41, 5.74) is 14.2. The number of nitrogens with zero attached hydrogens (tertiary/aromatic N) is 2. The number of aromatic nitrogens is 1. The van der Waals surface area contributed by atoms with Gasteiger partial charge in [-0.05, 0) is 43.7 Å². The lowest BCUT2D eigenvalue weighted by Gasteiger charge is -2.26. The molecule has 4 N–H and O–H groups in total. The number of carbonyl (C=O) groups is 1. The number of hydrogen-bond acceptors (Lipinski definition) is 4. The molecule has 0 bridgehead atoms. The fourth-order valence-corrected chi connectivity index (χ4v) is 3.22.